The van der Waals surface area contributed by atoms with E-state index < -0.39 is 17.6 Å². The predicted molar refractivity (Wildman–Crippen MR) is 73.4 cm³/mol. The monoisotopic (exact) mass is 310 g/mol. The molecule has 7 heteroatoms. The Balaban J connectivity index is 1.97. The molecule has 1 aromatic carbocycles. The van der Waals surface area contributed by atoms with Crippen LogP contribution >= 0.6 is 0 Å². The Hall–Kier alpha value is -2.57. The molecule has 0 bridgehead atoms. The summed E-state index contributed by atoms with van der Waals surface area (Å²) in [6.45, 7) is 1.47. The number of carbonyl (C=O) groups is 2. The number of Topliss-reactive ketones (excluding diaryl/α,β-unsaturated/α-hetero) is 1. The summed E-state index contributed by atoms with van der Waals surface area (Å²) in [7, 11) is 0. The van der Waals surface area contributed by atoms with Gasteiger partial charge < -0.3 is 10.3 Å². The summed E-state index contributed by atoms with van der Waals surface area (Å²) in [4.78, 5) is 25.6. The van der Waals surface area contributed by atoms with E-state index >= 15 is 0 Å². The molecule has 1 amide bonds. The van der Waals surface area contributed by atoms with Gasteiger partial charge in [0, 0.05) is 18.3 Å². The third-order valence-corrected chi connectivity index (χ3v) is 3.07. The van der Waals surface area contributed by atoms with Crippen LogP contribution < -0.4 is 5.32 Å². The number of alkyl halides is 3. The maximum Gasteiger partial charge on any atom is 0.416 e. The van der Waals surface area contributed by atoms with Crippen LogP contribution in [-0.4, -0.2) is 16.7 Å². The van der Waals surface area contributed by atoms with Crippen molar-refractivity contribution in [1.29, 1.82) is 0 Å². The van der Waals surface area contributed by atoms with Crippen molar-refractivity contribution in [1.82, 2.24) is 10.3 Å². The number of hydrogen-bond acceptors (Lipinski definition) is 2. The Bertz CT molecular complexity index is 688. The summed E-state index contributed by atoms with van der Waals surface area (Å²) in [5.41, 5.74) is 0.412. The smallest absolute Gasteiger partial charge is 0.356 e. The molecular weight excluding hydrogens is 297 g/mol. The zero-order valence-corrected chi connectivity index (χ0v) is 11.6. The Morgan fingerprint density at radius 3 is 2.32 bits per heavy atom. The third-order valence-electron chi connectivity index (χ3n) is 3.07. The van der Waals surface area contributed by atoms with Crippen LogP contribution in [0.5, 0.6) is 0 Å². The zero-order valence-electron chi connectivity index (χ0n) is 11.6. The summed E-state index contributed by atoms with van der Waals surface area (Å²) < 4.78 is 37.3. The van der Waals surface area contributed by atoms with Gasteiger partial charge in [0.1, 0.15) is 5.69 Å². The minimum atomic E-state index is -4.38. The molecule has 2 aromatic rings. The number of halogens is 3. The number of ketones is 1. The number of carbonyl (C=O) groups excluding carboxylic acids is 2. The van der Waals surface area contributed by atoms with Gasteiger partial charge in [0.2, 0.25) is 0 Å². The first kappa shape index (κ1) is 15.8. The average Bonchev–Trinajstić information content (AvgIpc) is 2.94. The molecule has 0 radical (unpaired) electrons. The molecule has 0 saturated heterocycles. The molecule has 0 spiro atoms. The molecule has 0 aliphatic rings. The summed E-state index contributed by atoms with van der Waals surface area (Å²) in [6, 6.07) is 5.95. The molecule has 0 atom stereocenters. The summed E-state index contributed by atoms with van der Waals surface area (Å²) in [6.07, 6.45) is -2.95. The molecule has 0 aliphatic heterocycles. The topological polar surface area (TPSA) is 62.0 Å². The number of aromatic amines is 1. The molecule has 4 nitrogen and oxygen atoms in total. The van der Waals surface area contributed by atoms with Gasteiger partial charge in [-0.15, -0.1) is 0 Å². The van der Waals surface area contributed by atoms with Gasteiger partial charge in [-0.05, 0) is 30.7 Å². The summed E-state index contributed by atoms with van der Waals surface area (Å²) >= 11 is 0. The number of rotatable bonds is 4. The van der Waals surface area contributed by atoms with Crippen LogP contribution in [0.3, 0.4) is 0 Å². The van der Waals surface area contributed by atoms with Crippen molar-refractivity contribution in [3.8, 4) is 0 Å². The molecule has 0 unspecified atom stereocenters. The SMILES string of the molecule is CC(=O)c1c[nH]c(C(=O)NCc2ccc(C(F)(F)F)cc2)c1. The Morgan fingerprint density at radius 1 is 1.18 bits per heavy atom. The van der Waals surface area contributed by atoms with Crippen LogP contribution in [0.15, 0.2) is 36.5 Å². The quantitative estimate of drug-likeness (QED) is 0.852. The van der Waals surface area contributed by atoms with Gasteiger partial charge in [-0.25, -0.2) is 0 Å². The van der Waals surface area contributed by atoms with E-state index in [0.29, 0.717) is 11.1 Å². The number of H-pyrrole nitrogens is 1. The molecular formula is C15H13F3N2O2. The van der Waals surface area contributed by atoms with Crippen molar-refractivity contribution in [2.75, 3.05) is 0 Å². The van der Waals surface area contributed by atoms with E-state index in [1.807, 2.05) is 0 Å². The minimum absolute atomic E-state index is 0.0887. The van der Waals surface area contributed by atoms with Gasteiger partial charge in [0.25, 0.3) is 5.91 Å². The van der Waals surface area contributed by atoms with Crippen LogP contribution in [0.25, 0.3) is 0 Å². The normalized spacial score (nSPS) is 11.3. The Morgan fingerprint density at radius 2 is 1.82 bits per heavy atom. The fourth-order valence-corrected chi connectivity index (χ4v) is 1.82. The highest BCUT2D eigenvalue weighted by Crippen LogP contribution is 2.29. The molecule has 0 saturated carbocycles. The van der Waals surface area contributed by atoms with E-state index in [1.54, 1.807) is 0 Å². The van der Waals surface area contributed by atoms with E-state index in [-0.39, 0.29) is 18.0 Å². The predicted octanol–water partition coefficient (Wildman–Crippen LogP) is 3.17. The van der Waals surface area contributed by atoms with E-state index in [1.165, 1.54) is 31.3 Å². The lowest BCUT2D eigenvalue weighted by Gasteiger charge is -2.08. The Labute approximate surface area is 124 Å². The molecule has 1 aromatic heterocycles. The van der Waals surface area contributed by atoms with Crippen LogP contribution in [0.1, 0.15) is 38.9 Å². The number of nitrogens with one attached hydrogen (secondary N) is 2. The van der Waals surface area contributed by atoms with Gasteiger partial charge in [-0.1, -0.05) is 12.1 Å². The van der Waals surface area contributed by atoms with Gasteiger partial charge in [0.15, 0.2) is 5.78 Å². The third kappa shape index (κ3) is 3.75. The lowest BCUT2D eigenvalue weighted by molar-refractivity contribution is -0.137. The number of benzene rings is 1. The van der Waals surface area contributed by atoms with Crippen LogP contribution in [0.2, 0.25) is 0 Å². The molecule has 0 fully saturated rings. The van der Waals surface area contributed by atoms with E-state index in [0.717, 1.165) is 12.1 Å². The first-order valence-corrected chi connectivity index (χ1v) is 6.41. The first-order chi connectivity index (χ1) is 10.3. The van der Waals surface area contributed by atoms with E-state index in [2.05, 4.69) is 10.3 Å². The van der Waals surface area contributed by atoms with Crippen molar-refractivity contribution in [3.63, 3.8) is 0 Å². The second-order valence-electron chi connectivity index (χ2n) is 4.74. The van der Waals surface area contributed by atoms with Gasteiger partial charge in [-0.2, -0.15) is 13.2 Å². The van der Waals surface area contributed by atoms with Crippen molar-refractivity contribution in [3.05, 3.63) is 58.9 Å². The molecule has 22 heavy (non-hydrogen) atoms. The van der Waals surface area contributed by atoms with Gasteiger partial charge in [0.05, 0.1) is 5.56 Å². The van der Waals surface area contributed by atoms with Crippen molar-refractivity contribution in [2.24, 2.45) is 0 Å². The van der Waals surface area contributed by atoms with Crippen molar-refractivity contribution < 1.29 is 22.8 Å². The number of hydrogen-bond donors (Lipinski definition) is 2. The average molecular weight is 310 g/mol. The van der Waals surface area contributed by atoms with Crippen LogP contribution in [0, 0.1) is 0 Å². The molecule has 2 rings (SSSR count). The van der Waals surface area contributed by atoms with Crippen molar-refractivity contribution in [2.45, 2.75) is 19.6 Å². The van der Waals surface area contributed by atoms with E-state index in [4.69, 9.17) is 0 Å². The number of aromatic nitrogens is 1. The standard InChI is InChI=1S/C15H13F3N2O2/c1-9(21)11-6-13(19-8-11)14(22)20-7-10-2-4-12(5-3-10)15(16,17)18/h2-6,8,19H,7H2,1H3,(H,20,22). The Kier molecular flexibility index (Phi) is 4.35. The maximum atomic E-state index is 12.4. The highest BCUT2D eigenvalue weighted by molar-refractivity contribution is 5.99. The molecule has 116 valence electrons. The van der Waals surface area contributed by atoms with Gasteiger partial charge in [-0.3, -0.25) is 9.59 Å². The molecule has 2 N–H and O–H groups in total. The second-order valence-corrected chi connectivity index (χ2v) is 4.74. The highest BCUT2D eigenvalue weighted by Gasteiger charge is 2.29. The zero-order chi connectivity index (χ0) is 16.3. The number of amides is 1. The fraction of sp³-hybridized carbons (Fsp3) is 0.200. The lowest BCUT2D eigenvalue weighted by Crippen LogP contribution is -2.23. The molecule has 0 aliphatic carbocycles. The van der Waals surface area contributed by atoms with E-state index in [9.17, 15) is 22.8 Å². The fourth-order valence-electron chi connectivity index (χ4n) is 1.82. The van der Waals surface area contributed by atoms with Gasteiger partial charge >= 0.3 is 6.18 Å². The highest BCUT2D eigenvalue weighted by atomic mass is 19.4. The van der Waals surface area contributed by atoms with Crippen molar-refractivity contribution >= 4 is 11.7 Å². The summed E-state index contributed by atoms with van der Waals surface area (Å²) in [5, 5.41) is 2.56. The molecule has 1 heterocycles. The maximum absolute atomic E-state index is 12.4. The first-order valence-electron chi connectivity index (χ1n) is 6.41. The van der Waals surface area contributed by atoms with Crippen LogP contribution in [0.4, 0.5) is 13.2 Å². The minimum Gasteiger partial charge on any atom is -0.356 e. The lowest BCUT2D eigenvalue weighted by atomic mass is 10.1. The van der Waals surface area contributed by atoms with Crippen LogP contribution in [-0.2, 0) is 12.7 Å². The second kappa shape index (κ2) is 6.05. The summed E-state index contributed by atoms with van der Waals surface area (Å²) in [5.74, 6) is -0.606. The largest absolute Gasteiger partial charge is 0.416 e.